The van der Waals surface area contributed by atoms with Crippen LogP contribution in [-0.2, 0) is 0 Å². The maximum atomic E-state index is 6.00. The molecule has 1 aliphatic carbocycles. The van der Waals surface area contributed by atoms with Crippen molar-refractivity contribution in [1.29, 1.82) is 0 Å². The zero-order valence-electron chi connectivity index (χ0n) is 11.3. The molecule has 1 rings (SSSR count). The van der Waals surface area contributed by atoms with E-state index in [4.69, 9.17) is 5.73 Å². The fourth-order valence-electron chi connectivity index (χ4n) is 3.48. The Kier molecular flexibility index (Phi) is 5.66. The molecule has 0 unspecified atom stereocenters. The van der Waals surface area contributed by atoms with Crippen LogP contribution in [0.1, 0.15) is 65.7 Å². The third-order valence-corrected chi connectivity index (χ3v) is 5.62. The van der Waals surface area contributed by atoms with E-state index in [2.05, 4.69) is 32.5 Å². The lowest BCUT2D eigenvalue weighted by Gasteiger charge is -2.56. The minimum atomic E-state index is 0.445. The average Bonchev–Trinajstić information content (AvgIpc) is 2.23. The van der Waals surface area contributed by atoms with Crippen molar-refractivity contribution >= 4 is 11.8 Å². The lowest BCUT2D eigenvalue weighted by atomic mass is 9.57. The molecule has 0 bridgehead atoms. The Bertz CT molecular complexity index is 189. The summed E-state index contributed by atoms with van der Waals surface area (Å²) < 4.78 is 0.445. The van der Waals surface area contributed by atoms with Crippen LogP contribution in [0.3, 0.4) is 0 Å². The fourth-order valence-corrected chi connectivity index (χ4v) is 5.05. The van der Waals surface area contributed by atoms with E-state index in [1.54, 1.807) is 0 Å². The Labute approximate surface area is 106 Å². The monoisotopic (exact) mass is 243 g/mol. The second-order valence-electron chi connectivity index (χ2n) is 5.59. The molecule has 1 fully saturated rings. The van der Waals surface area contributed by atoms with Crippen molar-refractivity contribution in [2.75, 3.05) is 12.3 Å². The predicted octanol–water partition coefficient (Wildman–Crippen LogP) is 4.21. The third kappa shape index (κ3) is 3.16. The minimum Gasteiger partial charge on any atom is -0.329 e. The largest absolute Gasteiger partial charge is 0.329 e. The van der Waals surface area contributed by atoms with Crippen molar-refractivity contribution in [3.05, 3.63) is 0 Å². The first-order chi connectivity index (χ1) is 7.66. The van der Waals surface area contributed by atoms with E-state index in [0.29, 0.717) is 10.2 Å². The lowest BCUT2D eigenvalue weighted by molar-refractivity contribution is 0.0614. The maximum Gasteiger partial charge on any atom is 0.0292 e. The Hall–Kier alpha value is 0.310. The van der Waals surface area contributed by atoms with Gasteiger partial charge in [-0.2, -0.15) is 11.8 Å². The highest BCUT2D eigenvalue weighted by molar-refractivity contribution is 8.00. The van der Waals surface area contributed by atoms with Gasteiger partial charge in [0, 0.05) is 11.3 Å². The Morgan fingerprint density at radius 3 is 1.94 bits per heavy atom. The van der Waals surface area contributed by atoms with Gasteiger partial charge in [0.05, 0.1) is 0 Å². The van der Waals surface area contributed by atoms with Crippen LogP contribution < -0.4 is 5.73 Å². The molecule has 96 valence electrons. The molecule has 0 radical (unpaired) electrons. The molecule has 0 spiro atoms. The minimum absolute atomic E-state index is 0.445. The average molecular weight is 243 g/mol. The van der Waals surface area contributed by atoms with Gasteiger partial charge >= 0.3 is 0 Å². The molecule has 0 heterocycles. The smallest absolute Gasteiger partial charge is 0.0292 e. The van der Waals surface area contributed by atoms with E-state index in [0.717, 1.165) is 6.54 Å². The van der Waals surface area contributed by atoms with Gasteiger partial charge in [-0.25, -0.2) is 0 Å². The Morgan fingerprint density at radius 2 is 1.56 bits per heavy atom. The molecular formula is C14H29NS. The normalized spacial score (nSPS) is 21.8. The second kappa shape index (κ2) is 6.30. The number of hydrogen-bond acceptors (Lipinski definition) is 2. The van der Waals surface area contributed by atoms with E-state index in [9.17, 15) is 0 Å². The van der Waals surface area contributed by atoms with Gasteiger partial charge in [0.2, 0.25) is 0 Å². The quantitative estimate of drug-likeness (QED) is 0.691. The summed E-state index contributed by atoms with van der Waals surface area (Å²) in [7, 11) is 0. The first kappa shape index (κ1) is 14.4. The molecule has 0 aromatic rings. The molecule has 0 aromatic carbocycles. The molecule has 0 atom stereocenters. The van der Waals surface area contributed by atoms with Gasteiger partial charge in [0.1, 0.15) is 0 Å². The van der Waals surface area contributed by atoms with Gasteiger partial charge < -0.3 is 5.73 Å². The molecular weight excluding hydrogens is 214 g/mol. The number of rotatable bonds is 8. The third-order valence-electron chi connectivity index (χ3n) is 3.94. The zero-order chi connectivity index (χ0) is 12.1. The highest BCUT2D eigenvalue weighted by Gasteiger charge is 2.52. The van der Waals surface area contributed by atoms with Crippen LogP contribution in [0, 0.1) is 5.41 Å². The first-order valence-electron chi connectivity index (χ1n) is 7.00. The predicted molar refractivity (Wildman–Crippen MR) is 76.0 cm³/mol. The van der Waals surface area contributed by atoms with Crippen molar-refractivity contribution < 1.29 is 0 Å². The van der Waals surface area contributed by atoms with Crippen molar-refractivity contribution in [3.63, 3.8) is 0 Å². The highest BCUT2D eigenvalue weighted by Crippen LogP contribution is 2.59. The summed E-state index contributed by atoms with van der Waals surface area (Å²) in [5.41, 5.74) is 6.66. The van der Waals surface area contributed by atoms with E-state index in [-0.39, 0.29) is 0 Å². The summed E-state index contributed by atoms with van der Waals surface area (Å²) in [6.45, 7) is 7.78. The van der Waals surface area contributed by atoms with Crippen LogP contribution in [0.5, 0.6) is 0 Å². The van der Waals surface area contributed by atoms with Crippen LogP contribution in [0.2, 0.25) is 0 Å². The fraction of sp³-hybridized carbons (Fsp3) is 1.00. The standard InChI is InChI=1S/C14H29NS/c1-4-7-13(8-5-2)10-14(11-13,12-15)16-9-6-3/h4-12,15H2,1-3H3. The van der Waals surface area contributed by atoms with Gasteiger partial charge in [-0.3, -0.25) is 0 Å². The van der Waals surface area contributed by atoms with Gasteiger partial charge in [-0.05, 0) is 43.3 Å². The summed E-state index contributed by atoms with van der Waals surface area (Å²) >= 11 is 2.14. The van der Waals surface area contributed by atoms with Crippen LogP contribution >= 0.6 is 11.8 Å². The van der Waals surface area contributed by atoms with Crippen molar-refractivity contribution in [3.8, 4) is 0 Å². The van der Waals surface area contributed by atoms with Crippen LogP contribution in [0.4, 0.5) is 0 Å². The molecule has 1 nitrogen and oxygen atoms in total. The summed E-state index contributed by atoms with van der Waals surface area (Å²) in [5.74, 6) is 1.28. The topological polar surface area (TPSA) is 26.0 Å². The van der Waals surface area contributed by atoms with E-state index in [1.807, 2.05) is 0 Å². The molecule has 1 aliphatic rings. The zero-order valence-corrected chi connectivity index (χ0v) is 12.2. The summed E-state index contributed by atoms with van der Waals surface area (Å²) in [4.78, 5) is 0. The van der Waals surface area contributed by atoms with E-state index in [1.165, 1.54) is 50.7 Å². The van der Waals surface area contributed by atoms with Crippen LogP contribution in [-0.4, -0.2) is 17.0 Å². The van der Waals surface area contributed by atoms with Crippen molar-refractivity contribution in [2.24, 2.45) is 11.1 Å². The molecule has 0 aliphatic heterocycles. The summed E-state index contributed by atoms with van der Waals surface area (Å²) in [6.07, 6.45) is 9.52. The molecule has 16 heavy (non-hydrogen) atoms. The van der Waals surface area contributed by atoms with Crippen molar-refractivity contribution in [1.82, 2.24) is 0 Å². The van der Waals surface area contributed by atoms with Crippen LogP contribution in [0.25, 0.3) is 0 Å². The summed E-state index contributed by atoms with van der Waals surface area (Å²) in [5, 5.41) is 0. The Balaban J connectivity index is 2.50. The van der Waals surface area contributed by atoms with Crippen LogP contribution in [0.15, 0.2) is 0 Å². The SMILES string of the molecule is CCCSC1(CN)CC(CCC)(CCC)C1. The number of thioether (sulfide) groups is 1. The van der Waals surface area contributed by atoms with Gasteiger partial charge in [-0.15, -0.1) is 0 Å². The molecule has 0 amide bonds. The van der Waals surface area contributed by atoms with Gasteiger partial charge in [0.25, 0.3) is 0 Å². The first-order valence-corrected chi connectivity index (χ1v) is 7.98. The number of nitrogens with two attached hydrogens (primary N) is 1. The Morgan fingerprint density at radius 1 is 1.00 bits per heavy atom. The molecule has 2 N–H and O–H groups in total. The molecule has 1 saturated carbocycles. The highest BCUT2D eigenvalue weighted by atomic mass is 32.2. The molecule has 0 aromatic heterocycles. The molecule has 2 heteroatoms. The van der Waals surface area contributed by atoms with E-state index >= 15 is 0 Å². The lowest BCUT2D eigenvalue weighted by Crippen LogP contribution is -2.54. The van der Waals surface area contributed by atoms with Gasteiger partial charge in [0.15, 0.2) is 0 Å². The maximum absolute atomic E-state index is 6.00. The molecule has 0 saturated heterocycles. The number of hydrogen-bond donors (Lipinski definition) is 1. The van der Waals surface area contributed by atoms with Gasteiger partial charge in [-0.1, -0.05) is 33.6 Å². The van der Waals surface area contributed by atoms with Crippen molar-refractivity contribution in [2.45, 2.75) is 70.5 Å². The summed E-state index contributed by atoms with van der Waals surface area (Å²) in [6, 6.07) is 0. The van der Waals surface area contributed by atoms with E-state index < -0.39 is 0 Å². The second-order valence-corrected chi connectivity index (χ2v) is 7.15.